The van der Waals surface area contributed by atoms with Crippen molar-refractivity contribution in [2.24, 2.45) is 5.11 Å². The fraction of sp³-hybridized carbons (Fsp3) is 0.600. The summed E-state index contributed by atoms with van der Waals surface area (Å²) in [7, 11) is 0. The Labute approximate surface area is 281 Å². The largest absolute Gasteiger partial charge is 0.463 e. The van der Waals surface area contributed by atoms with Crippen LogP contribution < -0.4 is 10.1 Å². The Balaban J connectivity index is 2.06. The second kappa shape index (κ2) is 21.9. The molecule has 0 aliphatic carbocycles. The van der Waals surface area contributed by atoms with E-state index < -0.39 is 67.1 Å². The van der Waals surface area contributed by atoms with Gasteiger partial charge in [0, 0.05) is 51.3 Å². The fourth-order valence-corrected chi connectivity index (χ4v) is 4.33. The fourth-order valence-electron chi connectivity index (χ4n) is 4.33. The van der Waals surface area contributed by atoms with Gasteiger partial charge in [0.15, 0.2) is 18.5 Å². The summed E-state index contributed by atoms with van der Waals surface area (Å²) in [6, 6.07) is 3.93. The number of hydrogen-bond donors (Lipinski definition) is 1. The van der Waals surface area contributed by atoms with Gasteiger partial charge in [-0.1, -0.05) is 5.11 Å². The Bertz CT molecular complexity index is 1340. The van der Waals surface area contributed by atoms with Gasteiger partial charge in [-0.2, -0.15) is 0 Å². The number of amides is 1. The molecule has 49 heavy (non-hydrogen) atoms. The number of carbonyl (C=O) groups excluding carboxylic acids is 6. The monoisotopic (exact) mass is 696 g/mol. The first kappa shape index (κ1) is 40.4. The van der Waals surface area contributed by atoms with E-state index in [1.54, 1.807) is 0 Å². The van der Waals surface area contributed by atoms with Crippen LogP contribution in [0.4, 0.5) is 0 Å². The minimum absolute atomic E-state index is 0.0873. The molecular weight excluding hydrogens is 656 g/mol. The Hall–Kier alpha value is -4.81. The van der Waals surface area contributed by atoms with Gasteiger partial charge in [0.2, 0.25) is 12.4 Å². The summed E-state index contributed by atoms with van der Waals surface area (Å²) in [5.41, 5.74) is 8.21. The normalized spacial score (nSPS) is 19.8. The molecule has 1 N–H and O–H groups in total. The predicted molar refractivity (Wildman–Crippen MR) is 163 cm³/mol. The number of rotatable bonds is 21. The maximum Gasteiger partial charge on any atom is 0.303 e. The predicted octanol–water partition coefficient (Wildman–Crippen LogP) is 1.05. The van der Waals surface area contributed by atoms with Crippen LogP contribution in [0.3, 0.4) is 0 Å². The van der Waals surface area contributed by atoms with Gasteiger partial charge in [-0.05, 0) is 23.7 Å². The molecule has 0 aromatic heterocycles. The lowest BCUT2D eigenvalue weighted by atomic mass is 9.98. The molecule has 1 aromatic carbocycles. The third-order valence-electron chi connectivity index (χ3n) is 6.27. The van der Waals surface area contributed by atoms with Crippen LogP contribution in [0.15, 0.2) is 23.3 Å². The molecule has 1 heterocycles. The average Bonchev–Trinajstić information content (AvgIpc) is 3.04. The molecule has 1 fully saturated rings. The lowest BCUT2D eigenvalue weighted by molar-refractivity contribution is -0.288. The minimum atomic E-state index is -1.57. The molecule has 1 aromatic rings. The smallest absolute Gasteiger partial charge is 0.303 e. The van der Waals surface area contributed by atoms with Crippen molar-refractivity contribution in [1.29, 1.82) is 0 Å². The quantitative estimate of drug-likeness (QED) is 0.0359. The summed E-state index contributed by atoms with van der Waals surface area (Å²) < 4.78 is 48.9. The highest BCUT2D eigenvalue weighted by molar-refractivity contribution is 5.96. The van der Waals surface area contributed by atoms with Crippen molar-refractivity contribution >= 4 is 36.1 Å². The summed E-state index contributed by atoms with van der Waals surface area (Å²) in [5, 5.41) is 6.00. The molecule has 0 saturated carbocycles. The summed E-state index contributed by atoms with van der Waals surface area (Å²) in [6.07, 6.45) is -6.79. The van der Waals surface area contributed by atoms with E-state index in [1.807, 2.05) is 0 Å². The first-order chi connectivity index (χ1) is 23.5. The third kappa shape index (κ3) is 14.9. The van der Waals surface area contributed by atoms with Gasteiger partial charge >= 0.3 is 23.9 Å². The van der Waals surface area contributed by atoms with Gasteiger partial charge in [-0.3, -0.25) is 28.8 Å². The Morgan fingerprint density at radius 3 is 2.02 bits per heavy atom. The maximum atomic E-state index is 12.7. The second-order valence-corrected chi connectivity index (χ2v) is 10.1. The number of nitrogens with one attached hydrogen (secondary N) is 1. The number of esters is 4. The highest BCUT2D eigenvalue weighted by atomic mass is 16.7. The van der Waals surface area contributed by atoms with Crippen molar-refractivity contribution in [3.63, 3.8) is 0 Å². The number of ether oxygens (including phenoxy) is 9. The lowest BCUT2D eigenvalue weighted by Crippen LogP contribution is -2.63. The Morgan fingerprint density at radius 1 is 0.837 bits per heavy atom. The zero-order valence-electron chi connectivity index (χ0n) is 27.5. The number of aldehydes is 1. The summed E-state index contributed by atoms with van der Waals surface area (Å²) in [6.45, 7) is 6.05. The topological polar surface area (TPSA) is 246 Å². The van der Waals surface area contributed by atoms with Crippen LogP contribution >= 0.6 is 0 Å². The molecule has 2 rings (SSSR count). The third-order valence-corrected chi connectivity index (χ3v) is 6.27. The van der Waals surface area contributed by atoms with E-state index in [0.29, 0.717) is 32.7 Å². The molecule has 0 bridgehead atoms. The van der Waals surface area contributed by atoms with E-state index in [4.69, 9.17) is 48.2 Å². The zero-order valence-corrected chi connectivity index (χ0v) is 27.5. The van der Waals surface area contributed by atoms with Crippen LogP contribution in [0.2, 0.25) is 0 Å². The standard InChI is InChI=1S/C30H40N4O15/c1-18(36)44-17-25-26(45-19(2)37)27(46-20(3)38)28(47-21(4)39)30(49-25)48-24-6-5-22(15-23(24)16-35)29(40)32-7-9-41-11-13-43-14-12-42-10-8-33-34-31/h5-6,15-16,25-28,30H,7-14,17H2,1-4H3,(H,32,40)/t25-,26+,27+,28-,30-/m1/s1. The molecule has 270 valence electrons. The van der Waals surface area contributed by atoms with E-state index >= 15 is 0 Å². The van der Waals surface area contributed by atoms with E-state index in [2.05, 4.69) is 15.3 Å². The highest BCUT2D eigenvalue weighted by Crippen LogP contribution is 2.32. The van der Waals surface area contributed by atoms with Crippen LogP contribution in [0.5, 0.6) is 5.75 Å². The molecule has 1 aliphatic rings. The first-order valence-corrected chi connectivity index (χ1v) is 15.0. The highest BCUT2D eigenvalue weighted by Gasteiger charge is 2.53. The van der Waals surface area contributed by atoms with Gasteiger partial charge in [0.05, 0.1) is 45.2 Å². The number of benzene rings is 1. The van der Waals surface area contributed by atoms with Gasteiger partial charge in [-0.25, -0.2) is 0 Å². The maximum absolute atomic E-state index is 12.7. The molecule has 19 nitrogen and oxygen atoms in total. The second-order valence-electron chi connectivity index (χ2n) is 10.1. The van der Waals surface area contributed by atoms with Gasteiger partial charge < -0.3 is 47.9 Å². The average molecular weight is 697 g/mol. The van der Waals surface area contributed by atoms with Crippen molar-refractivity contribution in [2.45, 2.75) is 58.4 Å². The number of nitrogens with zero attached hydrogens (tertiary/aromatic N) is 3. The van der Waals surface area contributed by atoms with Crippen LogP contribution in [0.1, 0.15) is 48.4 Å². The number of hydrogen-bond acceptors (Lipinski definition) is 16. The van der Waals surface area contributed by atoms with Gasteiger partial charge in [0.25, 0.3) is 5.91 Å². The molecule has 0 unspecified atom stereocenters. The Morgan fingerprint density at radius 2 is 1.43 bits per heavy atom. The van der Waals surface area contributed by atoms with Gasteiger partial charge in [-0.15, -0.1) is 0 Å². The van der Waals surface area contributed by atoms with Gasteiger partial charge in [0.1, 0.15) is 18.5 Å². The van der Waals surface area contributed by atoms with E-state index in [-0.39, 0.29) is 43.2 Å². The van der Waals surface area contributed by atoms with Crippen molar-refractivity contribution in [2.75, 3.05) is 59.3 Å². The van der Waals surface area contributed by atoms with Crippen molar-refractivity contribution in [3.8, 4) is 5.75 Å². The Kier molecular flexibility index (Phi) is 18.1. The summed E-state index contributed by atoms with van der Waals surface area (Å²) in [5.74, 6) is -3.75. The minimum Gasteiger partial charge on any atom is -0.463 e. The van der Waals surface area contributed by atoms with Crippen molar-refractivity contribution in [3.05, 3.63) is 39.8 Å². The number of carbonyl (C=O) groups is 6. The molecule has 19 heteroatoms. The van der Waals surface area contributed by atoms with Crippen molar-refractivity contribution in [1.82, 2.24) is 5.32 Å². The summed E-state index contributed by atoms with van der Waals surface area (Å²) >= 11 is 0. The summed E-state index contributed by atoms with van der Waals surface area (Å²) in [4.78, 5) is 75.0. The van der Waals surface area contributed by atoms with Crippen LogP contribution in [0.25, 0.3) is 10.4 Å². The molecule has 1 aliphatic heterocycles. The first-order valence-electron chi connectivity index (χ1n) is 15.0. The molecular formula is C30H40N4O15. The van der Waals surface area contributed by atoms with E-state index in [1.165, 1.54) is 18.2 Å². The zero-order chi connectivity index (χ0) is 36.2. The molecule has 1 saturated heterocycles. The molecule has 5 atom stereocenters. The van der Waals surface area contributed by atoms with Crippen LogP contribution in [-0.4, -0.2) is 126 Å². The number of azide groups is 1. The molecule has 0 radical (unpaired) electrons. The molecule has 1 amide bonds. The lowest BCUT2D eigenvalue weighted by Gasteiger charge is -2.44. The molecule has 0 spiro atoms. The van der Waals surface area contributed by atoms with Crippen molar-refractivity contribution < 1.29 is 71.4 Å². The van der Waals surface area contributed by atoms with Crippen LogP contribution in [-0.2, 0) is 57.1 Å². The SMILES string of the molecule is CC(=O)OC[C@H]1O[C@@H](Oc2ccc(C(=O)NCCOCCOCCOCCN=[N+]=[N-])cc2C=O)[C@H](OC(C)=O)[C@@H](OC(C)=O)[C@H]1OC(C)=O. The van der Waals surface area contributed by atoms with E-state index in [0.717, 1.165) is 27.7 Å². The van der Waals surface area contributed by atoms with E-state index in [9.17, 15) is 28.8 Å². The van der Waals surface area contributed by atoms with Crippen LogP contribution in [0, 0.1) is 0 Å².